The monoisotopic (exact) mass is 301 g/mol. The van der Waals surface area contributed by atoms with Crippen molar-refractivity contribution in [1.82, 2.24) is 5.32 Å². The van der Waals surface area contributed by atoms with E-state index in [1.807, 2.05) is 0 Å². The van der Waals surface area contributed by atoms with Crippen LogP contribution in [0.3, 0.4) is 0 Å². The first kappa shape index (κ1) is 16.7. The maximum atomic E-state index is 11.2. The summed E-state index contributed by atoms with van der Waals surface area (Å²) in [5.74, 6) is 0.735. The van der Waals surface area contributed by atoms with E-state index in [0.717, 1.165) is 0 Å². The van der Waals surface area contributed by atoms with E-state index in [1.54, 1.807) is 0 Å². The second-order valence-electron chi connectivity index (χ2n) is 3.20. The van der Waals surface area contributed by atoms with E-state index in [2.05, 4.69) is 5.32 Å². The SMILES string of the molecule is CC(=O)N[C@@H](CSCCS(=O)CCCl)C(=O)O. The van der Waals surface area contributed by atoms with Crippen LogP contribution in [-0.4, -0.2) is 56.1 Å². The van der Waals surface area contributed by atoms with Crippen molar-refractivity contribution < 1.29 is 18.9 Å². The van der Waals surface area contributed by atoms with Crippen molar-refractivity contribution in [2.45, 2.75) is 13.0 Å². The predicted molar refractivity (Wildman–Crippen MR) is 71.2 cm³/mol. The van der Waals surface area contributed by atoms with Crippen molar-refractivity contribution in [3.63, 3.8) is 0 Å². The Bertz CT molecular complexity index is 288. The molecule has 2 atom stereocenters. The summed E-state index contributed by atoms with van der Waals surface area (Å²) in [6, 6.07) is -0.890. The average molecular weight is 302 g/mol. The van der Waals surface area contributed by atoms with Crippen molar-refractivity contribution in [2.24, 2.45) is 0 Å². The molecule has 0 aliphatic heterocycles. The van der Waals surface area contributed by atoms with Gasteiger partial charge >= 0.3 is 5.97 Å². The topological polar surface area (TPSA) is 83.5 Å². The van der Waals surface area contributed by atoms with E-state index in [0.29, 0.717) is 23.1 Å². The number of hydrogen-bond acceptors (Lipinski definition) is 4. The van der Waals surface area contributed by atoms with Gasteiger partial charge in [0.1, 0.15) is 6.04 Å². The molecule has 2 N–H and O–H groups in total. The van der Waals surface area contributed by atoms with Gasteiger partial charge in [-0.1, -0.05) is 0 Å². The molecule has 8 heteroatoms. The van der Waals surface area contributed by atoms with Crippen molar-refractivity contribution in [2.75, 3.05) is 28.9 Å². The summed E-state index contributed by atoms with van der Waals surface area (Å²) in [6.45, 7) is 1.27. The zero-order valence-corrected chi connectivity index (χ0v) is 11.9. The first-order valence-electron chi connectivity index (χ1n) is 4.96. The number of amides is 1. The van der Waals surface area contributed by atoms with Gasteiger partial charge in [-0.25, -0.2) is 4.79 Å². The molecule has 5 nitrogen and oxygen atoms in total. The molecule has 0 saturated heterocycles. The summed E-state index contributed by atoms with van der Waals surface area (Å²) in [5.41, 5.74) is 0. The van der Waals surface area contributed by atoms with E-state index < -0.39 is 22.8 Å². The highest BCUT2D eigenvalue weighted by Crippen LogP contribution is 2.04. The first-order chi connectivity index (χ1) is 7.97. The number of carbonyl (C=O) groups excluding carboxylic acids is 1. The van der Waals surface area contributed by atoms with Crippen molar-refractivity contribution in [1.29, 1.82) is 0 Å². The summed E-state index contributed by atoms with van der Waals surface area (Å²) in [5, 5.41) is 11.1. The molecule has 0 aromatic heterocycles. The molecule has 1 unspecified atom stereocenters. The molecule has 0 heterocycles. The highest BCUT2D eigenvalue weighted by molar-refractivity contribution is 8.00. The molecule has 0 aromatic rings. The van der Waals surface area contributed by atoms with Crippen LogP contribution >= 0.6 is 23.4 Å². The Labute approximate surface area is 112 Å². The van der Waals surface area contributed by atoms with Crippen LogP contribution in [0.15, 0.2) is 0 Å². The number of nitrogens with one attached hydrogen (secondary N) is 1. The third-order valence-electron chi connectivity index (χ3n) is 1.72. The summed E-state index contributed by atoms with van der Waals surface area (Å²) in [7, 11) is -0.944. The van der Waals surface area contributed by atoms with E-state index in [9.17, 15) is 13.8 Å². The molecule has 0 aromatic carbocycles. The molecule has 0 rings (SSSR count). The van der Waals surface area contributed by atoms with E-state index in [1.165, 1.54) is 18.7 Å². The third kappa shape index (κ3) is 9.43. The van der Waals surface area contributed by atoms with Crippen LogP contribution < -0.4 is 5.32 Å². The number of alkyl halides is 1. The van der Waals surface area contributed by atoms with Gasteiger partial charge in [0, 0.05) is 46.6 Å². The molecule has 100 valence electrons. The van der Waals surface area contributed by atoms with Crippen LogP contribution in [0, 0.1) is 0 Å². The van der Waals surface area contributed by atoms with Gasteiger partial charge in [-0.15, -0.1) is 11.6 Å². The molecule has 0 spiro atoms. The number of rotatable bonds is 9. The second kappa shape index (κ2) is 9.73. The fourth-order valence-corrected chi connectivity index (χ4v) is 3.70. The van der Waals surface area contributed by atoms with Crippen LogP contribution in [0.5, 0.6) is 0 Å². The standard InChI is InChI=1S/C9H16ClNO4S2/c1-7(12)11-8(9(13)14)6-16-3-5-17(15)4-2-10/h8H,2-6H2,1H3,(H,11,12)(H,13,14)/t8-,17?/m0/s1. The number of thioether (sulfide) groups is 1. The fraction of sp³-hybridized carbons (Fsp3) is 0.778. The maximum absolute atomic E-state index is 11.2. The molecule has 0 aliphatic rings. The lowest BCUT2D eigenvalue weighted by Crippen LogP contribution is -2.41. The molecule has 17 heavy (non-hydrogen) atoms. The largest absolute Gasteiger partial charge is 0.480 e. The van der Waals surface area contributed by atoms with Crippen LogP contribution in [0.2, 0.25) is 0 Å². The fourth-order valence-electron chi connectivity index (χ4n) is 0.961. The van der Waals surface area contributed by atoms with E-state index >= 15 is 0 Å². The van der Waals surface area contributed by atoms with Crippen LogP contribution in [0.25, 0.3) is 0 Å². The minimum atomic E-state index is -1.06. The average Bonchev–Trinajstić information content (AvgIpc) is 2.22. The predicted octanol–water partition coefficient (Wildman–Crippen LogP) is 0.296. The Kier molecular flexibility index (Phi) is 9.57. The van der Waals surface area contributed by atoms with E-state index in [-0.39, 0.29) is 11.7 Å². The van der Waals surface area contributed by atoms with Crippen molar-refractivity contribution in [3.8, 4) is 0 Å². The smallest absolute Gasteiger partial charge is 0.327 e. The highest BCUT2D eigenvalue weighted by atomic mass is 35.5. The molecule has 0 aliphatic carbocycles. The maximum Gasteiger partial charge on any atom is 0.327 e. The number of carboxylic acid groups (broad SMARTS) is 1. The summed E-state index contributed by atoms with van der Waals surface area (Å²) in [4.78, 5) is 21.5. The third-order valence-corrected chi connectivity index (χ3v) is 4.77. The Morgan fingerprint density at radius 1 is 1.47 bits per heavy atom. The molecule has 0 bridgehead atoms. The summed E-state index contributed by atoms with van der Waals surface area (Å²) < 4.78 is 11.2. The molecule has 0 fully saturated rings. The van der Waals surface area contributed by atoms with Gasteiger partial charge in [0.2, 0.25) is 5.91 Å². The molecule has 0 radical (unpaired) electrons. The van der Waals surface area contributed by atoms with Crippen LogP contribution in [-0.2, 0) is 20.4 Å². The second-order valence-corrected chi connectivity index (χ2v) is 6.43. The van der Waals surface area contributed by atoms with Gasteiger partial charge in [0.15, 0.2) is 0 Å². The number of carbonyl (C=O) groups is 2. The molecule has 0 saturated carbocycles. The number of carboxylic acids is 1. The minimum absolute atomic E-state index is 0.271. The normalized spacial score (nSPS) is 14.0. The Morgan fingerprint density at radius 2 is 2.12 bits per heavy atom. The number of halogens is 1. The Morgan fingerprint density at radius 3 is 2.59 bits per heavy atom. The highest BCUT2D eigenvalue weighted by Gasteiger charge is 2.17. The molecular weight excluding hydrogens is 286 g/mol. The van der Waals surface area contributed by atoms with Crippen molar-refractivity contribution in [3.05, 3.63) is 0 Å². The lowest BCUT2D eigenvalue weighted by molar-refractivity contribution is -0.140. The number of hydrogen-bond donors (Lipinski definition) is 2. The molecule has 1 amide bonds. The lowest BCUT2D eigenvalue weighted by Gasteiger charge is -2.12. The lowest BCUT2D eigenvalue weighted by atomic mass is 10.3. The van der Waals surface area contributed by atoms with Gasteiger partial charge < -0.3 is 10.4 Å². The van der Waals surface area contributed by atoms with Gasteiger partial charge in [0.05, 0.1) is 0 Å². The first-order valence-corrected chi connectivity index (χ1v) is 8.13. The summed E-state index contributed by atoms with van der Waals surface area (Å²) in [6.07, 6.45) is 0. The summed E-state index contributed by atoms with van der Waals surface area (Å²) >= 11 is 6.79. The zero-order valence-electron chi connectivity index (χ0n) is 9.48. The van der Waals surface area contributed by atoms with Gasteiger partial charge in [-0.3, -0.25) is 9.00 Å². The molecular formula is C9H16ClNO4S2. The van der Waals surface area contributed by atoms with E-state index in [4.69, 9.17) is 16.7 Å². The quantitative estimate of drug-likeness (QED) is 0.473. The van der Waals surface area contributed by atoms with Gasteiger partial charge in [0.25, 0.3) is 0 Å². The van der Waals surface area contributed by atoms with Crippen LogP contribution in [0.1, 0.15) is 6.92 Å². The Balaban J connectivity index is 3.79. The van der Waals surface area contributed by atoms with Gasteiger partial charge in [-0.05, 0) is 0 Å². The van der Waals surface area contributed by atoms with Crippen LogP contribution in [0.4, 0.5) is 0 Å². The minimum Gasteiger partial charge on any atom is -0.480 e. The zero-order chi connectivity index (χ0) is 13.3. The van der Waals surface area contributed by atoms with Gasteiger partial charge in [-0.2, -0.15) is 11.8 Å². The Hall–Kier alpha value is -0.270. The number of aliphatic carboxylic acids is 1. The van der Waals surface area contributed by atoms with Crippen molar-refractivity contribution >= 4 is 46.0 Å².